The normalized spacial score (nSPS) is 15.3. The number of aldehydes is 2. The number of nitrogens with two attached hydrogens (primary N) is 2. The molecule has 2 aliphatic heterocycles. The zero-order chi connectivity index (χ0) is 81.8. The maximum atomic E-state index is 13.1. The number of aliphatic hydroxyl groups is 2. The number of ether oxygens (including phenoxy) is 2. The van der Waals surface area contributed by atoms with Crippen molar-refractivity contribution in [2.75, 3.05) is 40.5 Å². The van der Waals surface area contributed by atoms with E-state index in [4.69, 9.17) is 124 Å². The predicted octanol–water partition coefficient (Wildman–Crippen LogP) is 20.1. The maximum absolute atomic E-state index is 13.1. The topological polar surface area (TPSA) is 335 Å². The first-order chi connectivity index (χ1) is 55.1. The first-order valence-electron chi connectivity index (χ1n) is 37.1. The van der Waals surface area contributed by atoms with E-state index in [0.717, 1.165) is 220 Å². The Morgan fingerprint density at radius 3 is 1.16 bits per heavy atom. The fraction of sp³-hybridized carbons (Fsp3) is 0.390. The van der Waals surface area contributed by atoms with E-state index in [1.54, 1.807) is 42.5 Å². The van der Waals surface area contributed by atoms with Crippen LogP contribution < -0.4 is 31.6 Å². The zero-order valence-corrected chi connectivity index (χ0v) is 68.5. The van der Waals surface area contributed by atoms with Crippen molar-refractivity contribution in [2.24, 2.45) is 11.5 Å². The van der Waals surface area contributed by atoms with E-state index < -0.39 is 23.8 Å². The Bertz CT molecular complexity index is 4830. The second-order valence-electron chi connectivity index (χ2n) is 26.6. The van der Waals surface area contributed by atoms with E-state index in [9.17, 15) is 27.2 Å². The number of aliphatic hydroxyl groups excluding tert-OH is 2. The smallest absolute Gasteiger partial charge is 0.215 e. The third-order valence-electron chi connectivity index (χ3n) is 18.6. The molecule has 4 aliphatic rings. The molecule has 4 aromatic carbocycles. The standard InChI is InChI=1S/C20H21Cl2FN4.C19H19Cl2FN4O.C10H11Cl2N.2C10H10FN3O.C9H9Cl2NO.2CH4O.2CH4/c21-12-10-14-13(15(22)11-12)4-3-5-16(14)24-9-2-1-6-19-25-17-7-8-18(23)26-20(17)27-19;20-11-9-12-14(6-8-27-18(12)13(21)10-11)23-7-2-1-3-17-24-15-4-5-16(22)25-19(15)26-17;11-6-4-8-7(9(12)5-6)2-1-3-10(8)13;2*11-8-5-4-7-10(13-8)14-9(12-7)3-1-2-6-15;10-5-3-6-8(12)1-2-13-9(6)7(11)4-5;2*1-2;;/h7-8,10-11,16,24H,1-6,9H2,(H,25,26,27);4-5,9-10,14,23H,1-3,6-8H2,(H,24,25,26);4-5,10H,1-3,13H2;2*4-6H,1-3H2,(H,12,13,14);3-4,8H,1-2,12H2;2*2H,1H3;2*1H4/t16-;14-;10-;;;8-;;;;/m111..1..../s1. The Kier molecular flexibility index (Phi) is 39.6. The second kappa shape index (κ2) is 48.2. The van der Waals surface area contributed by atoms with Crippen molar-refractivity contribution in [3.8, 4) is 11.5 Å². The van der Waals surface area contributed by atoms with Crippen LogP contribution in [0.3, 0.4) is 0 Å². The minimum absolute atomic E-state index is 0. The van der Waals surface area contributed by atoms with Crippen LogP contribution in [0, 0.1) is 23.8 Å². The van der Waals surface area contributed by atoms with Crippen molar-refractivity contribution in [1.29, 1.82) is 0 Å². The van der Waals surface area contributed by atoms with Gasteiger partial charge in [-0.05, 0) is 209 Å². The number of hydrogen-bond acceptors (Lipinski definition) is 18. The van der Waals surface area contributed by atoms with Gasteiger partial charge in [0.1, 0.15) is 47.4 Å². The van der Waals surface area contributed by atoms with Crippen molar-refractivity contribution in [3.63, 3.8) is 0 Å². The van der Waals surface area contributed by atoms with Gasteiger partial charge < -0.3 is 71.3 Å². The van der Waals surface area contributed by atoms with E-state index in [1.807, 2.05) is 30.3 Å². The number of carbonyl (C=O) groups is 2. The number of nitrogens with one attached hydrogen (secondary N) is 6. The van der Waals surface area contributed by atoms with Crippen molar-refractivity contribution >= 4 is 150 Å². The van der Waals surface area contributed by atoms with Gasteiger partial charge in [-0.25, -0.2) is 19.9 Å². The summed E-state index contributed by atoms with van der Waals surface area (Å²) >= 11 is 48.7. The molecule has 4 atom stereocenters. The van der Waals surface area contributed by atoms with Gasteiger partial charge in [0.15, 0.2) is 22.6 Å². The molecule has 22 nitrogen and oxygen atoms in total. The van der Waals surface area contributed by atoms with Crippen LogP contribution in [0.5, 0.6) is 11.5 Å². The molecule has 0 saturated carbocycles. The highest BCUT2D eigenvalue weighted by atomic mass is 35.5. The van der Waals surface area contributed by atoms with Crippen LogP contribution >= 0.6 is 92.8 Å². The average molecular weight is 1760 g/mol. The number of carbonyl (C=O) groups excluding carboxylic acids is 2. The van der Waals surface area contributed by atoms with Crippen LogP contribution in [0.25, 0.3) is 44.7 Å². The molecule has 0 fully saturated rings. The van der Waals surface area contributed by atoms with E-state index in [-0.39, 0.29) is 33.0 Å². The second-order valence-corrected chi connectivity index (χ2v) is 30.0. The van der Waals surface area contributed by atoms with Crippen LogP contribution in [-0.4, -0.2) is 123 Å². The number of imidazole rings is 4. The van der Waals surface area contributed by atoms with Crippen molar-refractivity contribution < 1.29 is 46.8 Å². The molecular formula is C82H96Cl8F4N16O6. The highest BCUT2D eigenvalue weighted by molar-refractivity contribution is 6.37. The molecule has 116 heavy (non-hydrogen) atoms. The highest BCUT2D eigenvalue weighted by Crippen LogP contribution is 2.42. The lowest BCUT2D eigenvalue weighted by atomic mass is 9.87. The van der Waals surface area contributed by atoms with Gasteiger partial charge in [-0.15, -0.1) is 0 Å². The zero-order valence-electron chi connectivity index (χ0n) is 62.5. The SMILES string of the molecule is C.C.CO.CO.Fc1ccc2[nH]c(CCCCN[C@@H]3CCCc4c(Cl)cc(Cl)cc43)nc2n1.Fc1ccc2[nH]c(CCCCN[C@@H]3CCOc4c(Cl)cc(Cl)cc43)nc2n1.N[C@@H]1CCCc2c(Cl)cc(Cl)cc21.N[C@@H]1CCOc2c(Cl)cc(Cl)cc21.O=CCCCc1nc2nc(F)ccc2[nH]1.O=CCCCc1nc2nc(F)ccc2[nH]1. The number of H-pyrrole nitrogens is 4. The lowest BCUT2D eigenvalue weighted by Gasteiger charge is -2.27. The van der Waals surface area contributed by atoms with E-state index in [1.165, 1.54) is 41.0 Å². The average Bonchev–Trinajstić information content (AvgIpc) is 1.66. The van der Waals surface area contributed by atoms with Crippen LogP contribution in [0.1, 0.15) is 186 Å². The minimum Gasteiger partial charge on any atom is -0.492 e. The number of rotatable bonds is 20. The number of unbranched alkanes of at least 4 members (excludes halogenated alkanes) is 4. The van der Waals surface area contributed by atoms with Gasteiger partial charge in [-0.3, -0.25) is 0 Å². The number of nitrogens with zero attached hydrogens (tertiary/aromatic N) is 8. The molecule has 624 valence electrons. The number of aryl methyl sites for hydroxylation is 4. The Morgan fingerprint density at radius 1 is 0.414 bits per heavy atom. The summed E-state index contributed by atoms with van der Waals surface area (Å²) in [5, 5.41) is 26.4. The highest BCUT2D eigenvalue weighted by Gasteiger charge is 2.27. The molecule has 12 N–H and O–H groups in total. The first-order valence-corrected chi connectivity index (χ1v) is 40.2. The maximum Gasteiger partial charge on any atom is 0.215 e. The van der Waals surface area contributed by atoms with Crippen molar-refractivity contribution in [2.45, 2.75) is 167 Å². The summed E-state index contributed by atoms with van der Waals surface area (Å²) < 4.78 is 62.9. The Labute approximate surface area is 711 Å². The van der Waals surface area contributed by atoms with Crippen molar-refractivity contribution in [3.05, 3.63) is 218 Å². The molecular weight excluding hydrogens is 1660 g/mol. The quantitative estimate of drug-likeness (QED) is 0.0147. The minimum atomic E-state index is -0.534. The number of hydrogen-bond donors (Lipinski definition) is 10. The van der Waals surface area contributed by atoms with Gasteiger partial charge in [0, 0.05) is 131 Å². The Hall–Kier alpha value is -7.90. The lowest BCUT2D eigenvalue weighted by molar-refractivity contribution is -0.108. The summed E-state index contributed by atoms with van der Waals surface area (Å²) in [5.41, 5.74) is 23.2. The summed E-state index contributed by atoms with van der Waals surface area (Å²) in [5.74, 6) is 2.50. The molecule has 0 radical (unpaired) electrons. The van der Waals surface area contributed by atoms with Crippen LogP contribution in [-0.2, 0) is 48.1 Å². The van der Waals surface area contributed by atoms with E-state index in [0.29, 0.717) is 103 Å². The summed E-state index contributed by atoms with van der Waals surface area (Å²) in [4.78, 5) is 64.5. The Morgan fingerprint density at radius 2 is 0.741 bits per heavy atom. The summed E-state index contributed by atoms with van der Waals surface area (Å²) in [6, 6.07) is 27.1. The fourth-order valence-electron chi connectivity index (χ4n) is 13.3. The van der Waals surface area contributed by atoms with Crippen LogP contribution in [0.4, 0.5) is 17.6 Å². The molecule has 16 rings (SSSR count). The summed E-state index contributed by atoms with van der Waals surface area (Å²) in [6.45, 7) is 3.03. The van der Waals surface area contributed by atoms with Gasteiger partial charge in [0.25, 0.3) is 0 Å². The van der Waals surface area contributed by atoms with Gasteiger partial charge in [0.2, 0.25) is 23.8 Å². The summed E-state index contributed by atoms with van der Waals surface area (Å²) in [6.07, 6.45) is 19.3. The van der Waals surface area contributed by atoms with Crippen molar-refractivity contribution in [1.82, 2.24) is 70.4 Å². The number of benzene rings is 4. The largest absolute Gasteiger partial charge is 0.492 e. The number of pyridine rings is 4. The number of aromatic nitrogens is 12. The Balaban J connectivity index is 0.000000195. The van der Waals surface area contributed by atoms with Gasteiger partial charge in [0.05, 0.1) is 45.3 Å². The number of aromatic amines is 4. The summed E-state index contributed by atoms with van der Waals surface area (Å²) in [7, 11) is 2.00. The molecule has 0 spiro atoms. The third-order valence-corrected chi connectivity index (χ3v) is 20.7. The third kappa shape index (κ3) is 27.6. The monoisotopic (exact) mass is 1760 g/mol. The van der Waals surface area contributed by atoms with Crippen LogP contribution in [0.2, 0.25) is 40.2 Å². The molecule has 10 heterocycles. The molecule has 34 heteroatoms. The van der Waals surface area contributed by atoms with E-state index >= 15 is 0 Å². The van der Waals surface area contributed by atoms with Crippen LogP contribution in [0.15, 0.2) is 97.1 Å². The number of fused-ring (bicyclic) bond motifs is 8. The molecule has 0 amide bonds. The first kappa shape index (κ1) is 95.2. The molecule has 2 aliphatic carbocycles. The van der Waals surface area contributed by atoms with Gasteiger partial charge in [-0.1, -0.05) is 108 Å². The number of halogens is 12. The lowest BCUT2D eigenvalue weighted by Crippen LogP contribution is -2.28. The molecule has 8 aromatic heterocycles. The molecule has 0 saturated heterocycles. The fourth-order valence-corrected chi connectivity index (χ4v) is 15.6. The molecule has 0 bridgehead atoms. The van der Waals surface area contributed by atoms with Gasteiger partial charge >= 0.3 is 0 Å². The molecule has 12 aromatic rings. The molecule has 0 unspecified atom stereocenters. The van der Waals surface area contributed by atoms with Gasteiger partial charge in [-0.2, -0.15) is 37.5 Å². The van der Waals surface area contributed by atoms with E-state index in [2.05, 4.69) is 70.4 Å². The predicted molar refractivity (Wildman–Crippen MR) is 456 cm³/mol.